The number of anilines is 1. The third-order valence-corrected chi connectivity index (χ3v) is 6.48. The van der Waals surface area contributed by atoms with Crippen LogP contribution in [0.5, 0.6) is 17.2 Å². The lowest BCUT2D eigenvalue weighted by molar-refractivity contribution is -0.138. The number of carbonyl (C=O) groups excluding carboxylic acids is 2. The van der Waals surface area contributed by atoms with Crippen molar-refractivity contribution in [3.05, 3.63) is 82.6 Å². The van der Waals surface area contributed by atoms with Crippen molar-refractivity contribution in [2.75, 3.05) is 31.9 Å². The van der Waals surface area contributed by atoms with Crippen molar-refractivity contribution in [1.82, 2.24) is 5.32 Å². The number of aromatic hydroxyl groups is 1. The van der Waals surface area contributed by atoms with Crippen LogP contribution in [0.2, 0.25) is 0 Å². The number of methoxy groups -OCH3 is 2. The van der Waals surface area contributed by atoms with Crippen molar-refractivity contribution in [1.29, 1.82) is 5.26 Å². The molecule has 0 saturated carbocycles. The van der Waals surface area contributed by atoms with E-state index in [-0.39, 0.29) is 40.9 Å². The molecule has 1 aliphatic rings. The molecule has 1 heterocycles. The molecular formula is C27H27N3O6S. The van der Waals surface area contributed by atoms with E-state index in [2.05, 4.69) is 23.3 Å². The fourth-order valence-corrected chi connectivity index (χ4v) is 4.62. The minimum atomic E-state index is -0.815. The average Bonchev–Trinajstić information content (AvgIpc) is 2.90. The average molecular weight is 522 g/mol. The number of allylic oxidation sites excluding steroid dienone is 2. The summed E-state index contributed by atoms with van der Waals surface area (Å²) in [5.74, 6) is -0.913. The fourth-order valence-electron chi connectivity index (χ4n) is 3.73. The lowest BCUT2D eigenvalue weighted by Gasteiger charge is -2.29. The highest BCUT2D eigenvalue weighted by molar-refractivity contribution is 8.03. The number of ether oxygens (including phenoxy) is 3. The van der Waals surface area contributed by atoms with Gasteiger partial charge in [-0.25, -0.2) is 4.79 Å². The van der Waals surface area contributed by atoms with Crippen LogP contribution in [-0.2, 0) is 14.3 Å². The van der Waals surface area contributed by atoms with Gasteiger partial charge < -0.3 is 30.0 Å². The number of nitrogens with zero attached hydrogens (tertiary/aromatic N) is 1. The topological polar surface area (TPSA) is 130 Å². The van der Waals surface area contributed by atoms with Crippen LogP contribution in [0, 0.1) is 11.3 Å². The van der Waals surface area contributed by atoms with Crippen LogP contribution in [0.3, 0.4) is 0 Å². The number of benzene rings is 2. The number of thioether (sulfide) groups is 1. The Labute approximate surface area is 219 Å². The van der Waals surface area contributed by atoms with Crippen LogP contribution in [0.15, 0.2) is 77.0 Å². The van der Waals surface area contributed by atoms with Gasteiger partial charge in [0.1, 0.15) is 12.4 Å². The molecule has 0 bridgehead atoms. The fraction of sp³-hybridized carbons (Fsp3) is 0.222. The highest BCUT2D eigenvalue weighted by Crippen LogP contribution is 2.43. The zero-order valence-corrected chi connectivity index (χ0v) is 21.5. The lowest BCUT2D eigenvalue weighted by atomic mass is 9.82. The summed E-state index contributed by atoms with van der Waals surface area (Å²) in [6.07, 6.45) is 1.45. The van der Waals surface area contributed by atoms with Crippen LogP contribution < -0.4 is 20.1 Å². The molecule has 1 amide bonds. The van der Waals surface area contributed by atoms with E-state index < -0.39 is 11.9 Å². The second kappa shape index (κ2) is 12.6. The minimum absolute atomic E-state index is 0.0000276. The number of carbonyl (C=O) groups is 2. The Kier molecular flexibility index (Phi) is 9.24. The maximum Gasteiger partial charge on any atom is 0.337 e. The standard InChI is InChI=1S/C27H27N3O6S/c1-5-12-36-27(33)24-16(2)29-26(37-15-23(32)30-18-7-9-19(34-3)10-8-18)20(14-28)25(24)17-6-11-21(31)22(13-17)35-4/h5-11,13,25,29,31H,1,12,15H2,2-4H3,(H,30,32)/t25-/m1/s1. The van der Waals surface area contributed by atoms with Crippen molar-refractivity contribution in [2.24, 2.45) is 0 Å². The second-order valence-electron chi connectivity index (χ2n) is 7.84. The van der Waals surface area contributed by atoms with E-state index in [1.807, 2.05) is 0 Å². The predicted molar refractivity (Wildman–Crippen MR) is 141 cm³/mol. The van der Waals surface area contributed by atoms with Crippen molar-refractivity contribution >= 4 is 29.3 Å². The van der Waals surface area contributed by atoms with Gasteiger partial charge in [-0.2, -0.15) is 5.26 Å². The van der Waals surface area contributed by atoms with Crippen molar-refractivity contribution < 1.29 is 28.9 Å². The zero-order chi connectivity index (χ0) is 26.9. The first kappa shape index (κ1) is 27.2. The van der Waals surface area contributed by atoms with E-state index in [1.165, 1.54) is 19.3 Å². The van der Waals surface area contributed by atoms with E-state index in [0.29, 0.717) is 27.7 Å². The summed E-state index contributed by atoms with van der Waals surface area (Å²) >= 11 is 1.14. The molecule has 3 N–H and O–H groups in total. The normalized spacial score (nSPS) is 14.8. The molecule has 0 spiro atoms. The van der Waals surface area contributed by atoms with Crippen LogP contribution in [0.25, 0.3) is 0 Å². The molecule has 2 aromatic carbocycles. The van der Waals surface area contributed by atoms with Gasteiger partial charge in [0.25, 0.3) is 0 Å². The van der Waals surface area contributed by atoms with E-state index in [0.717, 1.165) is 11.8 Å². The SMILES string of the molecule is C=CCOC(=O)C1=C(C)NC(SCC(=O)Nc2ccc(OC)cc2)=C(C#N)[C@H]1c1ccc(O)c(OC)c1. The molecule has 9 nitrogen and oxygen atoms in total. The molecule has 0 aromatic heterocycles. The van der Waals surface area contributed by atoms with Crippen LogP contribution in [0.4, 0.5) is 5.69 Å². The monoisotopic (exact) mass is 521 g/mol. The van der Waals surface area contributed by atoms with Crippen LogP contribution in [0.1, 0.15) is 18.4 Å². The van der Waals surface area contributed by atoms with E-state index in [1.54, 1.807) is 50.4 Å². The third kappa shape index (κ3) is 6.45. The molecule has 1 aliphatic heterocycles. The Hall–Kier alpha value is -4.36. The number of phenolic OH excluding ortho intramolecular Hbond substituents is 1. The first-order valence-corrected chi connectivity index (χ1v) is 12.1. The second-order valence-corrected chi connectivity index (χ2v) is 8.82. The van der Waals surface area contributed by atoms with Crippen molar-refractivity contribution in [3.63, 3.8) is 0 Å². The number of amides is 1. The summed E-state index contributed by atoms with van der Waals surface area (Å²) in [6, 6.07) is 13.7. The van der Waals surface area contributed by atoms with Gasteiger partial charge in [0, 0.05) is 11.4 Å². The molecule has 0 saturated heterocycles. The smallest absolute Gasteiger partial charge is 0.337 e. The molecule has 10 heteroatoms. The van der Waals surface area contributed by atoms with Crippen molar-refractivity contribution in [3.8, 4) is 23.3 Å². The number of nitrogens with one attached hydrogen (secondary N) is 2. The van der Waals surface area contributed by atoms with Gasteiger partial charge in [-0.3, -0.25) is 4.79 Å². The number of phenols is 1. The number of dihydropyridines is 1. The molecule has 37 heavy (non-hydrogen) atoms. The summed E-state index contributed by atoms with van der Waals surface area (Å²) < 4.78 is 15.7. The highest BCUT2D eigenvalue weighted by Gasteiger charge is 2.36. The van der Waals surface area contributed by atoms with Gasteiger partial charge in [0.05, 0.1) is 48.1 Å². The quantitative estimate of drug-likeness (QED) is 0.311. The van der Waals surface area contributed by atoms with Gasteiger partial charge in [-0.05, 0) is 48.9 Å². The summed E-state index contributed by atoms with van der Waals surface area (Å²) in [7, 11) is 2.97. The predicted octanol–water partition coefficient (Wildman–Crippen LogP) is 4.21. The van der Waals surface area contributed by atoms with Gasteiger partial charge in [-0.1, -0.05) is 30.5 Å². The van der Waals surface area contributed by atoms with Gasteiger partial charge in [0.15, 0.2) is 11.5 Å². The van der Waals surface area contributed by atoms with Crippen molar-refractivity contribution in [2.45, 2.75) is 12.8 Å². The van der Waals surface area contributed by atoms with Gasteiger partial charge >= 0.3 is 5.97 Å². The first-order chi connectivity index (χ1) is 17.8. The summed E-state index contributed by atoms with van der Waals surface area (Å²) in [5.41, 5.74) is 2.08. The summed E-state index contributed by atoms with van der Waals surface area (Å²) in [5, 5.41) is 26.5. The number of hydrogen-bond donors (Lipinski definition) is 3. The molecular weight excluding hydrogens is 494 g/mol. The van der Waals surface area contributed by atoms with E-state index >= 15 is 0 Å². The Morgan fingerprint density at radius 2 is 1.95 bits per heavy atom. The number of rotatable bonds is 10. The lowest BCUT2D eigenvalue weighted by Crippen LogP contribution is -2.29. The summed E-state index contributed by atoms with van der Waals surface area (Å²) in [4.78, 5) is 25.6. The van der Waals surface area contributed by atoms with Crippen LogP contribution >= 0.6 is 11.8 Å². The Balaban J connectivity index is 1.92. The van der Waals surface area contributed by atoms with Gasteiger partial charge in [0.2, 0.25) is 5.91 Å². The van der Waals surface area contributed by atoms with E-state index in [9.17, 15) is 20.0 Å². The molecule has 1 atom stereocenters. The Morgan fingerprint density at radius 3 is 2.57 bits per heavy atom. The Morgan fingerprint density at radius 1 is 1.22 bits per heavy atom. The largest absolute Gasteiger partial charge is 0.504 e. The maximum absolute atomic E-state index is 13.0. The molecule has 3 rings (SSSR count). The molecule has 0 aliphatic carbocycles. The Bertz CT molecular complexity index is 1290. The number of hydrogen-bond acceptors (Lipinski definition) is 9. The minimum Gasteiger partial charge on any atom is -0.504 e. The third-order valence-electron chi connectivity index (χ3n) is 5.46. The maximum atomic E-state index is 13.0. The molecule has 2 aromatic rings. The molecule has 192 valence electrons. The highest BCUT2D eigenvalue weighted by atomic mass is 32.2. The molecule has 0 fully saturated rings. The van der Waals surface area contributed by atoms with Gasteiger partial charge in [-0.15, -0.1) is 0 Å². The molecule has 0 radical (unpaired) electrons. The first-order valence-electron chi connectivity index (χ1n) is 11.2. The van der Waals surface area contributed by atoms with E-state index in [4.69, 9.17) is 14.2 Å². The number of nitriles is 1. The number of esters is 1. The molecule has 0 unspecified atom stereocenters. The van der Waals surface area contributed by atoms with Crippen LogP contribution in [-0.4, -0.2) is 43.6 Å². The summed E-state index contributed by atoms with van der Waals surface area (Å²) in [6.45, 7) is 5.26. The zero-order valence-electron chi connectivity index (χ0n) is 20.7.